The minimum absolute atomic E-state index is 0.705. The number of fused-ring (bicyclic) bond motifs is 3. The molecule has 13 heavy (non-hydrogen) atoms. The molecule has 0 amide bonds. The Bertz CT molecular complexity index is 339. The number of rotatable bonds is 0. The van der Waals surface area contributed by atoms with Crippen LogP contribution in [0.25, 0.3) is 0 Å². The van der Waals surface area contributed by atoms with Crippen molar-refractivity contribution in [3.05, 3.63) is 47.6 Å². The zero-order valence-electron chi connectivity index (χ0n) is 7.74. The van der Waals surface area contributed by atoms with Gasteiger partial charge in [0.15, 0.2) is 0 Å². The van der Waals surface area contributed by atoms with E-state index in [1.54, 1.807) is 5.57 Å². The molecular formula is C13H14. The van der Waals surface area contributed by atoms with E-state index in [1.807, 2.05) is 0 Å². The van der Waals surface area contributed by atoms with Crippen LogP contribution < -0.4 is 0 Å². The van der Waals surface area contributed by atoms with Crippen LogP contribution in [0.15, 0.2) is 47.6 Å². The van der Waals surface area contributed by atoms with E-state index in [0.717, 1.165) is 5.92 Å². The second kappa shape index (κ2) is 2.73. The van der Waals surface area contributed by atoms with Crippen LogP contribution in [0.4, 0.5) is 0 Å². The number of allylic oxidation sites excluding steroid dienone is 8. The SMILES string of the molecule is C1=CC2C(=C1)C=CC1=CCCCC12. The van der Waals surface area contributed by atoms with Gasteiger partial charge in [-0.2, -0.15) is 0 Å². The fourth-order valence-electron chi connectivity index (χ4n) is 2.74. The fourth-order valence-corrected chi connectivity index (χ4v) is 2.74. The second-order valence-corrected chi connectivity index (χ2v) is 4.15. The maximum Gasteiger partial charge on any atom is 0.00897 e. The first-order valence-corrected chi connectivity index (χ1v) is 5.22. The van der Waals surface area contributed by atoms with Crippen LogP contribution in [-0.4, -0.2) is 0 Å². The summed E-state index contributed by atoms with van der Waals surface area (Å²) >= 11 is 0. The van der Waals surface area contributed by atoms with Crippen molar-refractivity contribution in [3.63, 3.8) is 0 Å². The highest BCUT2D eigenvalue weighted by atomic mass is 14.3. The molecule has 0 heterocycles. The van der Waals surface area contributed by atoms with Gasteiger partial charge in [0, 0.05) is 5.92 Å². The molecule has 2 unspecified atom stereocenters. The van der Waals surface area contributed by atoms with Gasteiger partial charge in [-0.15, -0.1) is 0 Å². The van der Waals surface area contributed by atoms with Gasteiger partial charge < -0.3 is 0 Å². The largest absolute Gasteiger partial charge is 0.0810 e. The van der Waals surface area contributed by atoms with Crippen LogP contribution >= 0.6 is 0 Å². The summed E-state index contributed by atoms with van der Waals surface area (Å²) in [6, 6.07) is 0. The molecule has 0 radical (unpaired) electrons. The van der Waals surface area contributed by atoms with Crippen molar-refractivity contribution in [1.82, 2.24) is 0 Å². The molecule has 3 aliphatic carbocycles. The van der Waals surface area contributed by atoms with Crippen LogP contribution in [0.3, 0.4) is 0 Å². The Balaban J connectivity index is 2.05. The summed E-state index contributed by atoms with van der Waals surface area (Å²) in [6.07, 6.45) is 17.9. The molecular weight excluding hydrogens is 156 g/mol. The highest BCUT2D eigenvalue weighted by Crippen LogP contribution is 2.42. The second-order valence-electron chi connectivity index (χ2n) is 4.15. The first-order chi connectivity index (χ1) is 6.45. The molecule has 3 rings (SSSR count). The summed E-state index contributed by atoms with van der Waals surface area (Å²) in [4.78, 5) is 0. The zero-order chi connectivity index (χ0) is 8.67. The average molecular weight is 170 g/mol. The van der Waals surface area contributed by atoms with Gasteiger partial charge in [0.05, 0.1) is 0 Å². The van der Waals surface area contributed by atoms with Crippen molar-refractivity contribution < 1.29 is 0 Å². The summed E-state index contributed by atoms with van der Waals surface area (Å²) < 4.78 is 0. The molecule has 0 fully saturated rings. The van der Waals surface area contributed by atoms with E-state index in [4.69, 9.17) is 0 Å². The van der Waals surface area contributed by atoms with Crippen LogP contribution in [0.2, 0.25) is 0 Å². The van der Waals surface area contributed by atoms with Crippen LogP contribution in [-0.2, 0) is 0 Å². The normalized spacial score (nSPS) is 35.1. The first kappa shape index (κ1) is 7.37. The zero-order valence-corrected chi connectivity index (χ0v) is 7.74. The summed E-state index contributed by atoms with van der Waals surface area (Å²) in [5.41, 5.74) is 3.10. The Kier molecular flexibility index (Phi) is 1.55. The molecule has 0 aromatic heterocycles. The Hall–Kier alpha value is -1.04. The molecule has 0 saturated carbocycles. The molecule has 0 nitrogen and oxygen atoms in total. The van der Waals surface area contributed by atoms with Crippen molar-refractivity contribution >= 4 is 0 Å². The highest BCUT2D eigenvalue weighted by Gasteiger charge is 2.29. The van der Waals surface area contributed by atoms with Gasteiger partial charge >= 0.3 is 0 Å². The van der Waals surface area contributed by atoms with Crippen molar-refractivity contribution in [3.8, 4) is 0 Å². The van der Waals surface area contributed by atoms with E-state index >= 15 is 0 Å². The molecule has 0 aromatic rings. The van der Waals surface area contributed by atoms with E-state index in [9.17, 15) is 0 Å². The Morgan fingerprint density at radius 2 is 2.08 bits per heavy atom. The topological polar surface area (TPSA) is 0 Å². The van der Waals surface area contributed by atoms with Crippen molar-refractivity contribution in [2.45, 2.75) is 19.3 Å². The maximum absolute atomic E-state index is 2.42. The van der Waals surface area contributed by atoms with Crippen molar-refractivity contribution in [2.24, 2.45) is 11.8 Å². The predicted octanol–water partition coefficient (Wildman–Crippen LogP) is 3.40. The summed E-state index contributed by atoms with van der Waals surface area (Å²) in [5, 5.41) is 0. The van der Waals surface area contributed by atoms with Crippen LogP contribution in [0, 0.1) is 11.8 Å². The third kappa shape index (κ3) is 1.05. The van der Waals surface area contributed by atoms with E-state index < -0.39 is 0 Å². The van der Waals surface area contributed by atoms with Gasteiger partial charge in [-0.3, -0.25) is 0 Å². The quantitative estimate of drug-likeness (QED) is 0.522. The molecule has 0 bridgehead atoms. The molecule has 0 N–H and O–H groups in total. The molecule has 66 valence electrons. The minimum atomic E-state index is 0.705. The van der Waals surface area contributed by atoms with Crippen LogP contribution in [0.1, 0.15) is 19.3 Å². The van der Waals surface area contributed by atoms with Crippen molar-refractivity contribution in [2.75, 3.05) is 0 Å². The van der Waals surface area contributed by atoms with E-state index in [1.165, 1.54) is 24.8 Å². The van der Waals surface area contributed by atoms with Gasteiger partial charge in [-0.1, -0.05) is 36.5 Å². The lowest BCUT2D eigenvalue weighted by Crippen LogP contribution is -2.20. The smallest absolute Gasteiger partial charge is 0.00897 e. The van der Waals surface area contributed by atoms with Gasteiger partial charge in [-0.05, 0) is 36.3 Å². The molecule has 0 aromatic carbocycles. The van der Waals surface area contributed by atoms with Gasteiger partial charge in [-0.25, -0.2) is 0 Å². The lowest BCUT2D eigenvalue weighted by atomic mass is 9.73. The standard InChI is InChI=1S/C13H14/c1-2-6-12-10(4-1)8-9-11-5-3-7-13(11)12/h3-5,7-9,12-13H,1-2,6H2. The molecule has 3 aliphatic rings. The summed E-state index contributed by atoms with van der Waals surface area (Å²) in [7, 11) is 0. The van der Waals surface area contributed by atoms with Gasteiger partial charge in [0.1, 0.15) is 0 Å². The van der Waals surface area contributed by atoms with Gasteiger partial charge in [0.25, 0.3) is 0 Å². The number of hydrogen-bond acceptors (Lipinski definition) is 0. The molecule has 0 spiro atoms. The lowest BCUT2D eigenvalue weighted by molar-refractivity contribution is 0.446. The monoisotopic (exact) mass is 170 g/mol. The predicted molar refractivity (Wildman–Crippen MR) is 55.3 cm³/mol. The summed E-state index contributed by atoms with van der Waals surface area (Å²) in [5.74, 6) is 1.50. The lowest BCUT2D eigenvalue weighted by Gasteiger charge is -2.31. The fraction of sp³-hybridized carbons (Fsp3) is 0.385. The molecule has 0 aliphatic heterocycles. The third-order valence-electron chi connectivity index (χ3n) is 3.42. The minimum Gasteiger partial charge on any atom is -0.0810 e. The van der Waals surface area contributed by atoms with E-state index in [0.29, 0.717) is 5.92 Å². The highest BCUT2D eigenvalue weighted by molar-refractivity contribution is 5.46. The van der Waals surface area contributed by atoms with E-state index in [-0.39, 0.29) is 0 Å². The molecule has 0 saturated heterocycles. The van der Waals surface area contributed by atoms with E-state index in [2.05, 4.69) is 36.5 Å². The Labute approximate surface area is 79.3 Å². The molecule has 2 atom stereocenters. The maximum atomic E-state index is 2.42. The Morgan fingerprint density at radius 3 is 3.08 bits per heavy atom. The Morgan fingerprint density at radius 1 is 1.15 bits per heavy atom. The van der Waals surface area contributed by atoms with Gasteiger partial charge in [0.2, 0.25) is 0 Å². The first-order valence-electron chi connectivity index (χ1n) is 5.22. The van der Waals surface area contributed by atoms with Crippen molar-refractivity contribution in [1.29, 1.82) is 0 Å². The average Bonchev–Trinajstić information content (AvgIpc) is 2.65. The third-order valence-corrected chi connectivity index (χ3v) is 3.42. The molecule has 0 heteroatoms. The van der Waals surface area contributed by atoms with Crippen LogP contribution in [0.5, 0.6) is 0 Å². The summed E-state index contributed by atoms with van der Waals surface area (Å²) in [6.45, 7) is 0. The number of hydrogen-bond donors (Lipinski definition) is 0.